The Labute approximate surface area is 143 Å². The molecule has 0 saturated carbocycles. The number of amides is 1. The fourth-order valence-electron chi connectivity index (χ4n) is 2.03. The summed E-state index contributed by atoms with van der Waals surface area (Å²) in [6.45, 7) is 3.75. The van der Waals surface area contributed by atoms with Gasteiger partial charge in [0.25, 0.3) is 5.91 Å². The maximum atomic E-state index is 11.8. The van der Waals surface area contributed by atoms with Gasteiger partial charge < -0.3 is 4.74 Å². The molecule has 0 atom stereocenters. The fraction of sp³-hybridized carbons (Fsp3) is 0.176. The molecule has 24 heavy (non-hydrogen) atoms. The molecule has 0 fully saturated rings. The smallest absolute Gasteiger partial charge is 0.264 e. The number of nitrogens with zero attached hydrogens (tertiary/aromatic N) is 3. The number of aryl methyl sites for hydroxylation is 2. The third-order valence-corrected chi connectivity index (χ3v) is 3.86. The number of benzene rings is 1. The van der Waals surface area contributed by atoms with Crippen LogP contribution < -0.4 is 10.1 Å². The van der Waals surface area contributed by atoms with Crippen molar-refractivity contribution in [2.24, 2.45) is 0 Å². The zero-order valence-electron chi connectivity index (χ0n) is 13.3. The van der Waals surface area contributed by atoms with Gasteiger partial charge in [0.15, 0.2) is 17.6 Å². The molecule has 0 aliphatic rings. The molecule has 3 rings (SSSR count). The van der Waals surface area contributed by atoms with Crippen molar-refractivity contribution in [3.63, 3.8) is 0 Å². The van der Waals surface area contributed by atoms with Gasteiger partial charge in [0.2, 0.25) is 5.88 Å². The Morgan fingerprint density at radius 3 is 2.71 bits per heavy atom. The van der Waals surface area contributed by atoms with E-state index in [0.717, 1.165) is 11.3 Å². The molecule has 0 aliphatic carbocycles. The van der Waals surface area contributed by atoms with E-state index < -0.39 is 0 Å². The van der Waals surface area contributed by atoms with Crippen LogP contribution in [-0.4, -0.2) is 27.5 Å². The topological polar surface area (TPSA) is 77.0 Å². The average molecular weight is 340 g/mol. The number of hydrogen-bond donors (Lipinski definition) is 1. The summed E-state index contributed by atoms with van der Waals surface area (Å²) in [6, 6.07) is 9.63. The van der Waals surface area contributed by atoms with Crippen molar-refractivity contribution in [2.75, 3.05) is 11.9 Å². The Morgan fingerprint density at radius 2 is 2.00 bits per heavy atom. The summed E-state index contributed by atoms with van der Waals surface area (Å²) in [5.74, 6) is 0.663. The Bertz CT molecular complexity index is 832. The van der Waals surface area contributed by atoms with Crippen molar-refractivity contribution >= 4 is 22.4 Å². The molecule has 0 unspecified atom stereocenters. The molecular formula is C17H16N4O2S. The summed E-state index contributed by atoms with van der Waals surface area (Å²) in [6.07, 6.45) is 1.63. The van der Waals surface area contributed by atoms with Gasteiger partial charge in [0.05, 0.1) is 0 Å². The van der Waals surface area contributed by atoms with Crippen molar-refractivity contribution in [1.29, 1.82) is 0 Å². The highest BCUT2D eigenvalue weighted by atomic mass is 32.1. The lowest BCUT2D eigenvalue weighted by Crippen LogP contribution is -2.20. The highest BCUT2D eigenvalue weighted by molar-refractivity contribution is 7.13. The number of rotatable bonds is 5. The second-order valence-electron chi connectivity index (χ2n) is 5.21. The highest BCUT2D eigenvalue weighted by Crippen LogP contribution is 2.19. The molecule has 1 amide bonds. The molecule has 1 aromatic carbocycles. The molecule has 2 aromatic heterocycles. The Kier molecular flexibility index (Phi) is 4.81. The van der Waals surface area contributed by atoms with Crippen molar-refractivity contribution in [3.8, 4) is 17.3 Å². The lowest BCUT2D eigenvalue weighted by molar-refractivity contribution is -0.118. The second kappa shape index (κ2) is 7.18. The quantitative estimate of drug-likeness (QED) is 0.771. The van der Waals surface area contributed by atoms with Gasteiger partial charge in [0, 0.05) is 28.9 Å². The maximum Gasteiger partial charge on any atom is 0.264 e. The predicted molar refractivity (Wildman–Crippen MR) is 93.2 cm³/mol. The predicted octanol–water partition coefficient (Wildman–Crippen LogP) is 3.23. The molecule has 3 aromatic rings. The molecule has 122 valence electrons. The standard InChI is InChI=1S/C17H16N4O2S/c1-11-3-5-13(6-4-11)16-19-12(2)9-15(21-16)23-10-14(22)20-17-18-7-8-24-17/h3-9H,10H2,1-2H3,(H,18,20,22). The molecule has 0 saturated heterocycles. The van der Waals surface area contributed by atoms with Crippen LogP contribution in [0.2, 0.25) is 0 Å². The largest absolute Gasteiger partial charge is 0.467 e. The number of nitrogens with one attached hydrogen (secondary N) is 1. The normalized spacial score (nSPS) is 10.4. The van der Waals surface area contributed by atoms with Gasteiger partial charge in [-0.1, -0.05) is 29.8 Å². The van der Waals surface area contributed by atoms with Gasteiger partial charge in [0.1, 0.15) is 0 Å². The van der Waals surface area contributed by atoms with E-state index in [1.807, 2.05) is 38.1 Å². The van der Waals surface area contributed by atoms with Crippen LogP contribution in [0.25, 0.3) is 11.4 Å². The van der Waals surface area contributed by atoms with Crippen LogP contribution in [-0.2, 0) is 4.79 Å². The van der Waals surface area contributed by atoms with E-state index in [1.54, 1.807) is 17.6 Å². The Balaban J connectivity index is 1.69. The number of thiazole rings is 1. The lowest BCUT2D eigenvalue weighted by Gasteiger charge is -2.08. The van der Waals surface area contributed by atoms with E-state index in [4.69, 9.17) is 4.74 Å². The minimum atomic E-state index is -0.280. The fourth-order valence-corrected chi connectivity index (χ4v) is 2.57. The van der Waals surface area contributed by atoms with E-state index in [9.17, 15) is 4.79 Å². The van der Waals surface area contributed by atoms with Crippen molar-refractivity contribution in [2.45, 2.75) is 13.8 Å². The van der Waals surface area contributed by atoms with Crippen LogP contribution in [0.15, 0.2) is 41.9 Å². The monoisotopic (exact) mass is 340 g/mol. The zero-order valence-corrected chi connectivity index (χ0v) is 14.1. The summed E-state index contributed by atoms with van der Waals surface area (Å²) in [4.78, 5) is 24.6. The van der Waals surface area contributed by atoms with E-state index in [0.29, 0.717) is 16.8 Å². The molecule has 1 N–H and O–H groups in total. The van der Waals surface area contributed by atoms with Gasteiger partial charge in [-0.2, -0.15) is 4.98 Å². The van der Waals surface area contributed by atoms with E-state index in [1.165, 1.54) is 16.9 Å². The minimum absolute atomic E-state index is 0.136. The zero-order chi connectivity index (χ0) is 16.9. The third-order valence-electron chi connectivity index (χ3n) is 3.17. The second-order valence-corrected chi connectivity index (χ2v) is 6.11. The van der Waals surface area contributed by atoms with Gasteiger partial charge in [-0.15, -0.1) is 11.3 Å². The van der Waals surface area contributed by atoms with Crippen LogP contribution >= 0.6 is 11.3 Å². The van der Waals surface area contributed by atoms with Crippen molar-refractivity contribution < 1.29 is 9.53 Å². The van der Waals surface area contributed by atoms with E-state index in [-0.39, 0.29) is 12.5 Å². The first-order valence-electron chi connectivity index (χ1n) is 7.35. The highest BCUT2D eigenvalue weighted by Gasteiger charge is 2.09. The van der Waals surface area contributed by atoms with Gasteiger partial charge in [-0.25, -0.2) is 9.97 Å². The molecule has 7 heteroatoms. The SMILES string of the molecule is Cc1ccc(-c2nc(C)cc(OCC(=O)Nc3nccs3)n2)cc1. The van der Waals surface area contributed by atoms with E-state index >= 15 is 0 Å². The summed E-state index contributed by atoms with van der Waals surface area (Å²) in [5.41, 5.74) is 2.85. The van der Waals surface area contributed by atoms with Gasteiger partial charge in [-0.05, 0) is 13.8 Å². The molecule has 0 aliphatic heterocycles. The summed E-state index contributed by atoms with van der Waals surface area (Å²) in [7, 11) is 0. The number of aromatic nitrogens is 3. The minimum Gasteiger partial charge on any atom is -0.467 e. The maximum absolute atomic E-state index is 11.8. The van der Waals surface area contributed by atoms with E-state index in [2.05, 4.69) is 20.3 Å². The number of ether oxygens (including phenoxy) is 1. The van der Waals surface area contributed by atoms with Crippen molar-refractivity contribution in [3.05, 3.63) is 53.2 Å². The van der Waals surface area contributed by atoms with Crippen molar-refractivity contribution in [1.82, 2.24) is 15.0 Å². The van der Waals surface area contributed by atoms with Crippen LogP contribution in [0.1, 0.15) is 11.3 Å². The number of anilines is 1. The summed E-state index contributed by atoms with van der Waals surface area (Å²) in [5, 5.41) is 4.99. The Hall–Kier alpha value is -2.80. The first-order chi connectivity index (χ1) is 11.6. The van der Waals surface area contributed by atoms with Crippen LogP contribution in [0.4, 0.5) is 5.13 Å². The molecular weight excluding hydrogens is 324 g/mol. The molecule has 2 heterocycles. The first kappa shape index (κ1) is 16.1. The molecule has 0 bridgehead atoms. The number of hydrogen-bond acceptors (Lipinski definition) is 6. The van der Waals surface area contributed by atoms with Gasteiger partial charge in [-0.3, -0.25) is 10.1 Å². The number of carbonyl (C=O) groups is 1. The lowest BCUT2D eigenvalue weighted by atomic mass is 10.1. The molecule has 0 radical (unpaired) electrons. The molecule has 6 nitrogen and oxygen atoms in total. The van der Waals surface area contributed by atoms with Gasteiger partial charge >= 0.3 is 0 Å². The average Bonchev–Trinajstić information content (AvgIpc) is 3.06. The Morgan fingerprint density at radius 1 is 1.21 bits per heavy atom. The summed E-state index contributed by atoms with van der Waals surface area (Å²) >= 11 is 1.35. The van der Waals surface area contributed by atoms with Crippen LogP contribution in [0.3, 0.4) is 0 Å². The summed E-state index contributed by atoms with van der Waals surface area (Å²) < 4.78 is 5.50. The third kappa shape index (κ3) is 4.14. The first-order valence-corrected chi connectivity index (χ1v) is 8.23. The molecule has 0 spiro atoms. The van der Waals surface area contributed by atoms with Crippen LogP contribution in [0.5, 0.6) is 5.88 Å². The number of carbonyl (C=O) groups excluding carboxylic acids is 1. The van der Waals surface area contributed by atoms with Crippen LogP contribution in [0, 0.1) is 13.8 Å².